The monoisotopic (exact) mass is 363 g/mol. The normalized spacial score (nSPS) is 10.7. The molecule has 0 saturated heterocycles. The minimum absolute atomic E-state index is 0.197. The Bertz CT molecular complexity index is 1080. The summed E-state index contributed by atoms with van der Waals surface area (Å²) in [7, 11) is 0. The van der Waals surface area contributed by atoms with E-state index in [1.807, 2.05) is 38.1 Å². The highest BCUT2D eigenvalue weighted by Crippen LogP contribution is 2.31. The summed E-state index contributed by atoms with van der Waals surface area (Å²) in [5.41, 5.74) is 4.71. The van der Waals surface area contributed by atoms with Gasteiger partial charge in [0.2, 0.25) is 5.91 Å². The molecule has 0 fully saturated rings. The fraction of sp³-hybridized carbons (Fsp3) is 0.190. The van der Waals surface area contributed by atoms with E-state index >= 15 is 0 Å². The van der Waals surface area contributed by atoms with E-state index in [0.29, 0.717) is 27.9 Å². The number of anilines is 2. The Hall–Kier alpha value is -3.41. The summed E-state index contributed by atoms with van der Waals surface area (Å²) in [5, 5.41) is 6.20. The first-order valence-corrected chi connectivity index (χ1v) is 8.59. The summed E-state index contributed by atoms with van der Waals surface area (Å²) in [5.74, 6) is -1.53. The van der Waals surface area contributed by atoms with E-state index < -0.39 is 11.7 Å². The van der Waals surface area contributed by atoms with Gasteiger partial charge in [-0.25, -0.2) is 0 Å². The number of carbonyl (C=O) groups excluding carboxylic acids is 3. The molecule has 3 N–H and O–H groups in total. The number of H-pyrrole nitrogens is 1. The highest BCUT2D eigenvalue weighted by Gasteiger charge is 2.22. The average Bonchev–Trinajstić information content (AvgIpc) is 3.05. The third-order valence-electron chi connectivity index (χ3n) is 4.55. The van der Waals surface area contributed by atoms with E-state index in [2.05, 4.69) is 15.6 Å². The van der Waals surface area contributed by atoms with Crippen LogP contribution in [-0.2, 0) is 9.59 Å². The summed E-state index contributed by atoms with van der Waals surface area (Å²) in [6, 6.07) is 9.18. The van der Waals surface area contributed by atoms with Crippen molar-refractivity contribution in [3.63, 3.8) is 0 Å². The van der Waals surface area contributed by atoms with Crippen molar-refractivity contribution in [2.24, 2.45) is 0 Å². The largest absolute Gasteiger partial charge is 0.360 e. The van der Waals surface area contributed by atoms with Gasteiger partial charge in [0.25, 0.3) is 11.7 Å². The van der Waals surface area contributed by atoms with E-state index in [-0.39, 0.29) is 5.91 Å². The fourth-order valence-electron chi connectivity index (χ4n) is 3.30. The number of hydrogen-bond donors (Lipinski definition) is 3. The molecule has 0 radical (unpaired) electrons. The van der Waals surface area contributed by atoms with Gasteiger partial charge in [0, 0.05) is 35.4 Å². The summed E-state index contributed by atoms with van der Waals surface area (Å²) in [6.07, 6.45) is 1.55. The molecule has 138 valence electrons. The van der Waals surface area contributed by atoms with E-state index in [9.17, 15) is 14.4 Å². The number of aromatic amines is 1. The first-order valence-electron chi connectivity index (χ1n) is 8.59. The van der Waals surface area contributed by atoms with Gasteiger partial charge in [-0.1, -0.05) is 24.3 Å². The topological polar surface area (TPSA) is 91.1 Å². The van der Waals surface area contributed by atoms with Crippen LogP contribution in [0, 0.1) is 20.8 Å². The molecule has 1 aromatic heterocycles. The predicted octanol–water partition coefficient (Wildman–Crippen LogP) is 3.87. The number of para-hydroxylation sites is 1. The van der Waals surface area contributed by atoms with Crippen LogP contribution in [0.5, 0.6) is 0 Å². The maximum atomic E-state index is 12.7. The number of carbonyl (C=O) groups is 3. The lowest BCUT2D eigenvalue weighted by Crippen LogP contribution is -2.24. The van der Waals surface area contributed by atoms with Gasteiger partial charge in [0.05, 0.1) is 5.56 Å². The fourth-order valence-corrected chi connectivity index (χ4v) is 3.30. The zero-order chi connectivity index (χ0) is 19.7. The molecule has 1 heterocycles. The molecule has 27 heavy (non-hydrogen) atoms. The second-order valence-electron chi connectivity index (χ2n) is 6.60. The van der Waals surface area contributed by atoms with Crippen molar-refractivity contribution >= 4 is 39.9 Å². The second-order valence-corrected chi connectivity index (χ2v) is 6.60. The van der Waals surface area contributed by atoms with Crippen LogP contribution in [0.2, 0.25) is 0 Å². The molecule has 0 unspecified atom stereocenters. The molecule has 0 aliphatic heterocycles. The van der Waals surface area contributed by atoms with Gasteiger partial charge >= 0.3 is 0 Å². The third kappa shape index (κ3) is 3.46. The summed E-state index contributed by atoms with van der Waals surface area (Å²) in [6.45, 7) is 6.96. The smallest absolute Gasteiger partial charge is 0.296 e. The molecular weight excluding hydrogens is 342 g/mol. The van der Waals surface area contributed by atoms with Gasteiger partial charge < -0.3 is 15.6 Å². The Morgan fingerprint density at radius 3 is 2.22 bits per heavy atom. The first-order chi connectivity index (χ1) is 12.8. The maximum absolute atomic E-state index is 12.7. The highest BCUT2D eigenvalue weighted by atomic mass is 16.2. The SMILES string of the molecule is CC(=O)Nc1c(C)cc(C)c(NC(=O)C(=O)c2c[nH]c3ccccc23)c1C. The number of ketones is 1. The molecule has 0 aliphatic carbocycles. The lowest BCUT2D eigenvalue weighted by Gasteiger charge is -2.18. The lowest BCUT2D eigenvalue weighted by molar-refractivity contribution is -0.114. The number of amides is 2. The van der Waals surface area contributed by atoms with E-state index in [4.69, 9.17) is 0 Å². The molecule has 6 heteroatoms. The molecule has 0 bridgehead atoms. The highest BCUT2D eigenvalue weighted by molar-refractivity contribution is 6.48. The molecule has 0 atom stereocenters. The van der Waals surface area contributed by atoms with Gasteiger partial charge in [-0.05, 0) is 43.5 Å². The summed E-state index contributed by atoms with van der Waals surface area (Å²) in [4.78, 5) is 39.8. The zero-order valence-corrected chi connectivity index (χ0v) is 15.7. The van der Waals surface area contributed by atoms with Crippen LogP contribution < -0.4 is 10.6 Å². The van der Waals surface area contributed by atoms with Crippen molar-refractivity contribution in [3.8, 4) is 0 Å². The Labute approximate surface area is 157 Å². The van der Waals surface area contributed by atoms with Crippen molar-refractivity contribution in [2.45, 2.75) is 27.7 Å². The number of nitrogens with one attached hydrogen (secondary N) is 3. The molecule has 2 aromatic carbocycles. The average molecular weight is 363 g/mol. The molecule has 3 aromatic rings. The van der Waals surface area contributed by atoms with Crippen LogP contribution in [0.4, 0.5) is 11.4 Å². The van der Waals surface area contributed by atoms with E-state index in [0.717, 1.165) is 16.6 Å². The number of hydrogen-bond acceptors (Lipinski definition) is 3. The Morgan fingerprint density at radius 1 is 0.926 bits per heavy atom. The number of fused-ring (bicyclic) bond motifs is 1. The molecule has 2 amide bonds. The quantitative estimate of drug-likeness (QED) is 0.485. The minimum Gasteiger partial charge on any atom is -0.360 e. The summed E-state index contributed by atoms with van der Waals surface area (Å²) >= 11 is 0. The Kier molecular flexibility index (Phi) is 4.81. The van der Waals surface area contributed by atoms with Crippen LogP contribution in [0.15, 0.2) is 36.5 Å². The molecule has 0 saturated carbocycles. The van der Waals surface area contributed by atoms with Crippen LogP contribution in [0.25, 0.3) is 10.9 Å². The van der Waals surface area contributed by atoms with Crippen molar-refractivity contribution in [2.75, 3.05) is 10.6 Å². The Balaban J connectivity index is 1.94. The van der Waals surface area contributed by atoms with Gasteiger partial charge in [0.15, 0.2) is 0 Å². The third-order valence-corrected chi connectivity index (χ3v) is 4.55. The number of benzene rings is 2. The van der Waals surface area contributed by atoms with Crippen molar-refractivity contribution in [1.82, 2.24) is 4.98 Å². The number of rotatable bonds is 4. The van der Waals surface area contributed by atoms with Gasteiger partial charge in [0.1, 0.15) is 0 Å². The van der Waals surface area contributed by atoms with Gasteiger partial charge in [-0.15, -0.1) is 0 Å². The number of Topliss-reactive ketones (excluding diaryl/α,β-unsaturated/α-hetero) is 1. The molecular formula is C21H21N3O3. The van der Waals surface area contributed by atoms with Crippen molar-refractivity contribution < 1.29 is 14.4 Å². The molecule has 3 rings (SSSR count). The summed E-state index contributed by atoms with van der Waals surface area (Å²) < 4.78 is 0. The number of aryl methyl sites for hydroxylation is 2. The Morgan fingerprint density at radius 2 is 1.56 bits per heavy atom. The van der Waals surface area contributed by atoms with Crippen molar-refractivity contribution in [3.05, 3.63) is 58.8 Å². The maximum Gasteiger partial charge on any atom is 0.296 e. The van der Waals surface area contributed by atoms with Crippen LogP contribution in [0.1, 0.15) is 34.0 Å². The lowest BCUT2D eigenvalue weighted by atomic mass is 10.0. The second kappa shape index (κ2) is 7.07. The van der Waals surface area contributed by atoms with Gasteiger partial charge in [-0.3, -0.25) is 14.4 Å². The van der Waals surface area contributed by atoms with Crippen LogP contribution >= 0.6 is 0 Å². The minimum atomic E-state index is -0.719. The molecule has 0 spiro atoms. The zero-order valence-electron chi connectivity index (χ0n) is 15.7. The standard InChI is InChI=1S/C21H21N3O3/c1-11-9-12(2)19(13(3)18(11)23-14(4)25)24-21(27)20(26)16-10-22-17-8-6-5-7-15(16)17/h5-10,22H,1-4H3,(H,23,25)(H,24,27). The van der Waals surface area contributed by atoms with Crippen LogP contribution in [0.3, 0.4) is 0 Å². The van der Waals surface area contributed by atoms with E-state index in [1.165, 1.54) is 6.92 Å². The number of aromatic nitrogens is 1. The van der Waals surface area contributed by atoms with Gasteiger partial charge in [-0.2, -0.15) is 0 Å². The molecule has 6 nitrogen and oxygen atoms in total. The first kappa shape index (κ1) is 18.4. The predicted molar refractivity (Wildman–Crippen MR) is 106 cm³/mol. The molecule has 0 aliphatic rings. The van der Waals surface area contributed by atoms with Crippen molar-refractivity contribution in [1.29, 1.82) is 0 Å². The van der Waals surface area contributed by atoms with Crippen LogP contribution in [-0.4, -0.2) is 22.6 Å². The van der Waals surface area contributed by atoms with E-state index in [1.54, 1.807) is 19.2 Å².